The monoisotopic (exact) mass is 378 g/mol. The van der Waals surface area contributed by atoms with Gasteiger partial charge in [-0.05, 0) is 43.3 Å². The summed E-state index contributed by atoms with van der Waals surface area (Å²) in [6.45, 7) is 2.03. The van der Waals surface area contributed by atoms with Gasteiger partial charge in [-0.3, -0.25) is 9.10 Å². The highest BCUT2D eigenvalue weighted by atomic mass is 32.2. The van der Waals surface area contributed by atoms with Crippen LogP contribution in [0.1, 0.15) is 6.92 Å². The summed E-state index contributed by atoms with van der Waals surface area (Å²) in [6.07, 6.45) is 1.06. The number of nitrogens with one attached hydrogen (secondary N) is 1. The number of sulfonamides is 1. The molecule has 0 aliphatic rings. The Labute approximate surface area is 153 Å². The van der Waals surface area contributed by atoms with Crippen LogP contribution in [0.15, 0.2) is 48.5 Å². The fraction of sp³-hybridized carbons (Fsp3) is 0.278. The number of carbonyl (C=O) groups excluding carboxylic acids is 1. The van der Waals surface area contributed by atoms with Gasteiger partial charge in [-0.2, -0.15) is 0 Å². The first-order valence-corrected chi connectivity index (χ1v) is 9.82. The van der Waals surface area contributed by atoms with Crippen molar-refractivity contribution < 1.29 is 22.7 Å². The summed E-state index contributed by atoms with van der Waals surface area (Å²) < 4.78 is 35.7. The molecule has 7 nitrogen and oxygen atoms in total. The van der Waals surface area contributed by atoms with Crippen LogP contribution in [-0.2, 0) is 14.8 Å². The fourth-order valence-electron chi connectivity index (χ4n) is 2.31. The van der Waals surface area contributed by atoms with Crippen LogP contribution >= 0.6 is 0 Å². The molecule has 26 heavy (non-hydrogen) atoms. The molecule has 8 heteroatoms. The Hall–Kier alpha value is -2.74. The van der Waals surface area contributed by atoms with E-state index >= 15 is 0 Å². The minimum absolute atomic E-state index is 0.343. The second kappa shape index (κ2) is 8.57. The first-order chi connectivity index (χ1) is 12.3. The lowest BCUT2D eigenvalue weighted by Crippen LogP contribution is -2.37. The zero-order chi connectivity index (χ0) is 19.2. The standard InChI is InChI=1S/C18H22N2O5S/c1-4-25-16-10-8-15(9-11-16)20(26(3,22)23)13-18(21)19-14-6-5-7-17(12-14)24-2/h5-12H,4,13H2,1-3H3,(H,19,21). The molecular weight excluding hydrogens is 356 g/mol. The van der Waals surface area contributed by atoms with Gasteiger partial charge < -0.3 is 14.8 Å². The zero-order valence-electron chi connectivity index (χ0n) is 14.9. The number of ether oxygens (including phenoxy) is 2. The molecule has 0 unspecified atom stereocenters. The molecule has 0 radical (unpaired) electrons. The van der Waals surface area contributed by atoms with E-state index in [4.69, 9.17) is 9.47 Å². The van der Waals surface area contributed by atoms with E-state index in [-0.39, 0.29) is 6.54 Å². The highest BCUT2D eigenvalue weighted by Gasteiger charge is 2.21. The Morgan fingerprint density at radius 3 is 2.38 bits per heavy atom. The van der Waals surface area contributed by atoms with Crippen LogP contribution < -0.4 is 19.1 Å². The van der Waals surface area contributed by atoms with Gasteiger partial charge in [0, 0.05) is 11.8 Å². The number of nitrogens with zero attached hydrogens (tertiary/aromatic N) is 1. The van der Waals surface area contributed by atoms with Crippen LogP contribution in [0, 0.1) is 0 Å². The molecular formula is C18H22N2O5S. The molecule has 0 spiro atoms. The maximum atomic E-state index is 12.3. The van der Waals surface area contributed by atoms with Gasteiger partial charge in [-0.1, -0.05) is 6.07 Å². The molecule has 0 saturated heterocycles. The Bertz CT molecular complexity index is 850. The summed E-state index contributed by atoms with van der Waals surface area (Å²) in [7, 11) is -2.11. The number of hydrogen-bond donors (Lipinski definition) is 1. The molecule has 0 aromatic heterocycles. The third-order valence-corrected chi connectivity index (χ3v) is 4.62. The van der Waals surface area contributed by atoms with Crippen molar-refractivity contribution in [1.29, 1.82) is 0 Å². The average Bonchev–Trinajstić information content (AvgIpc) is 2.60. The molecule has 0 aliphatic heterocycles. The van der Waals surface area contributed by atoms with Crippen LogP contribution in [0.4, 0.5) is 11.4 Å². The lowest BCUT2D eigenvalue weighted by Gasteiger charge is -2.22. The van der Waals surface area contributed by atoms with Crippen molar-refractivity contribution in [1.82, 2.24) is 0 Å². The SMILES string of the molecule is CCOc1ccc(N(CC(=O)Nc2cccc(OC)c2)S(C)(=O)=O)cc1. The van der Waals surface area contributed by atoms with Crippen molar-refractivity contribution in [3.8, 4) is 11.5 Å². The quantitative estimate of drug-likeness (QED) is 0.763. The second-order valence-electron chi connectivity index (χ2n) is 5.48. The highest BCUT2D eigenvalue weighted by Crippen LogP contribution is 2.22. The van der Waals surface area contributed by atoms with Crippen LogP contribution in [0.3, 0.4) is 0 Å². The van der Waals surface area contributed by atoms with Gasteiger partial charge in [0.15, 0.2) is 0 Å². The molecule has 0 heterocycles. The molecule has 0 atom stereocenters. The summed E-state index contributed by atoms with van der Waals surface area (Å²) in [5.41, 5.74) is 0.909. The van der Waals surface area contributed by atoms with E-state index in [2.05, 4.69) is 5.32 Å². The Balaban J connectivity index is 2.16. The molecule has 2 rings (SSSR count). The zero-order valence-corrected chi connectivity index (χ0v) is 15.7. The van der Waals surface area contributed by atoms with Crippen molar-refractivity contribution in [3.05, 3.63) is 48.5 Å². The predicted octanol–water partition coefficient (Wildman–Crippen LogP) is 2.50. The molecule has 0 bridgehead atoms. The summed E-state index contributed by atoms with van der Waals surface area (Å²) in [6, 6.07) is 13.4. The number of carbonyl (C=O) groups is 1. The first kappa shape index (κ1) is 19.6. The van der Waals surface area contributed by atoms with Crippen molar-refractivity contribution in [3.63, 3.8) is 0 Å². The number of rotatable bonds is 8. The molecule has 2 aromatic carbocycles. The molecule has 1 N–H and O–H groups in total. The van der Waals surface area contributed by atoms with Gasteiger partial charge in [0.2, 0.25) is 15.9 Å². The molecule has 2 aromatic rings. The van der Waals surface area contributed by atoms with Crippen LogP contribution in [0.5, 0.6) is 11.5 Å². The number of benzene rings is 2. The fourth-order valence-corrected chi connectivity index (χ4v) is 3.16. The van der Waals surface area contributed by atoms with Crippen LogP contribution in [0.2, 0.25) is 0 Å². The van der Waals surface area contributed by atoms with Crippen molar-refractivity contribution in [2.45, 2.75) is 6.92 Å². The third kappa shape index (κ3) is 5.38. The number of hydrogen-bond acceptors (Lipinski definition) is 5. The number of methoxy groups -OCH3 is 1. The topological polar surface area (TPSA) is 84.9 Å². The second-order valence-corrected chi connectivity index (χ2v) is 7.38. The van der Waals surface area contributed by atoms with Gasteiger partial charge in [-0.15, -0.1) is 0 Å². The average molecular weight is 378 g/mol. The molecule has 1 amide bonds. The van der Waals surface area contributed by atoms with E-state index in [9.17, 15) is 13.2 Å². The van der Waals surface area contributed by atoms with Gasteiger partial charge >= 0.3 is 0 Å². The van der Waals surface area contributed by atoms with E-state index in [0.717, 1.165) is 10.6 Å². The largest absolute Gasteiger partial charge is 0.497 e. The Morgan fingerprint density at radius 1 is 1.12 bits per heavy atom. The van der Waals surface area contributed by atoms with Crippen molar-refractivity contribution in [2.24, 2.45) is 0 Å². The summed E-state index contributed by atoms with van der Waals surface area (Å²) in [4.78, 5) is 12.3. The van der Waals surface area contributed by atoms with E-state index in [1.165, 1.54) is 7.11 Å². The summed E-state index contributed by atoms with van der Waals surface area (Å²) >= 11 is 0. The van der Waals surface area contributed by atoms with E-state index in [1.54, 1.807) is 48.5 Å². The molecule has 0 aliphatic carbocycles. The smallest absolute Gasteiger partial charge is 0.245 e. The lowest BCUT2D eigenvalue weighted by atomic mass is 10.3. The van der Waals surface area contributed by atoms with Crippen LogP contribution in [0.25, 0.3) is 0 Å². The lowest BCUT2D eigenvalue weighted by molar-refractivity contribution is -0.114. The minimum atomic E-state index is -3.64. The Kier molecular flexibility index (Phi) is 6.46. The normalized spacial score (nSPS) is 10.9. The van der Waals surface area contributed by atoms with Crippen molar-refractivity contribution in [2.75, 3.05) is 36.1 Å². The molecule has 0 fully saturated rings. The third-order valence-electron chi connectivity index (χ3n) is 3.48. The first-order valence-electron chi connectivity index (χ1n) is 7.98. The van der Waals surface area contributed by atoms with Gasteiger partial charge in [0.25, 0.3) is 0 Å². The maximum Gasteiger partial charge on any atom is 0.245 e. The van der Waals surface area contributed by atoms with E-state index in [0.29, 0.717) is 29.5 Å². The minimum Gasteiger partial charge on any atom is -0.497 e. The summed E-state index contributed by atoms with van der Waals surface area (Å²) in [5, 5.41) is 2.67. The molecule has 140 valence electrons. The van der Waals surface area contributed by atoms with E-state index < -0.39 is 15.9 Å². The van der Waals surface area contributed by atoms with Gasteiger partial charge in [0.1, 0.15) is 18.0 Å². The van der Waals surface area contributed by atoms with Crippen molar-refractivity contribution >= 4 is 27.3 Å². The van der Waals surface area contributed by atoms with Crippen LogP contribution in [-0.4, -0.2) is 40.8 Å². The molecule has 0 saturated carbocycles. The van der Waals surface area contributed by atoms with Gasteiger partial charge in [0.05, 0.1) is 25.7 Å². The Morgan fingerprint density at radius 2 is 1.81 bits per heavy atom. The summed E-state index contributed by atoms with van der Waals surface area (Å²) in [5.74, 6) is 0.761. The van der Waals surface area contributed by atoms with E-state index in [1.807, 2.05) is 6.92 Å². The predicted molar refractivity (Wildman–Crippen MR) is 101 cm³/mol. The maximum absolute atomic E-state index is 12.3. The highest BCUT2D eigenvalue weighted by molar-refractivity contribution is 7.92. The van der Waals surface area contributed by atoms with Gasteiger partial charge in [-0.25, -0.2) is 8.42 Å². The number of anilines is 2. The number of amides is 1.